The van der Waals surface area contributed by atoms with Crippen LogP contribution in [0, 0.1) is 5.82 Å². The Hall–Kier alpha value is -2.23. The summed E-state index contributed by atoms with van der Waals surface area (Å²) in [6.07, 6.45) is 1.72. The minimum atomic E-state index is -0.297. The van der Waals surface area contributed by atoms with E-state index in [0.29, 0.717) is 11.3 Å². The summed E-state index contributed by atoms with van der Waals surface area (Å²) in [6, 6.07) is 10.9. The fourth-order valence-electron chi connectivity index (χ4n) is 2.28. The summed E-state index contributed by atoms with van der Waals surface area (Å²) in [5, 5.41) is 0. The van der Waals surface area contributed by atoms with Gasteiger partial charge in [0, 0.05) is 12.2 Å². The zero-order chi connectivity index (χ0) is 13.4. The second-order valence-electron chi connectivity index (χ2n) is 4.72. The number of halogens is 1. The quantitative estimate of drug-likeness (QED) is 0.697. The molecule has 0 N–H and O–H groups in total. The summed E-state index contributed by atoms with van der Waals surface area (Å²) in [7, 11) is 0. The number of benzene rings is 1. The third-order valence-corrected chi connectivity index (χ3v) is 3.08. The lowest BCUT2D eigenvalue weighted by Gasteiger charge is -2.12. The van der Waals surface area contributed by atoms with Crippen LogP contribution in [0.15, 0.2) is 42.6 Å². The maximum absolute atomic E-state index is 13.9. The summed E-state index contributed by atoms with van der Waals surface area (Å²) in [4.78, 5) is 8.74. The number of pyridine rings is 1. The minimum Gasteiger partial charge on any atom is -0.320 e. The van der Waals surface area contributed by atoms with Crippen molar-refractivity contribution in [2.45, 2.75) is 19.9 Å². The predicted octanol–water partition coefficient (Wildman–Crippen LogP) is 3.82. The van der Waals surface area contributed by atoms with E-state index in [1.54, 1.807) is 12.3 Å². The van der Waals surface area contributed by atoms with E-state index in [0.717, 1.165) is 11.2 Å². The number of rotatable bonds is 2. The maximum atomic E-state index is 13.9. The van der Waals surface area contributed by atoms with Crippen molar-refractivity contribution in [3.63, 3.8) is 0 Å². The van der Waals surface area contributed by atoms with Crippen LogP contribution >= 0.6 is 0 Å². The molecule has 0 saturated carbocycles. The highest BCUT2D eigenvalue weighted by Gasteiger charge is 2.17. The molecule has 0 radical (unpaired) electrons. The van der Waals surface area contributed by atoms with Crippen molar-refractivity contribution in [2.75, 3.05) is 0 Å². The fraction of sp³-hybridized carbons (Fsp3) is 0.200. The number of fused-ring (bicyclic) bond motifs is 1. The fourth-order valence-corrected chi connectivity index (χ4v) is 2.28. The van der Waals surface area contributed by atoms with Gasteiger partial charge in [-0.3, -0.25) is 4.98 Å². The van der Waals surface area contributed by atoms with Gasteiger partial charge in [-0.1, -0.05) is 12.1 Å². The van der Waals surface area contributed by atoms with Gasteiger partial charge in [0.15, 0.2) is 11.6 Å². The molecule has 0 amide bonds. The largest absolute Gasteiger partial charge is 0.320 e. The SMILES string of the molecule is CC(C)n1c(-c2ccccn2)nc2c(F)cccc21. The van der Waals surface area contributed by atoms with E-state index in [4.69, 9.17) is 0 Å². The van der Waals surface area contributed by atoms with Crippen molar-refractivity contribution in [2.24, 2.45) is 0 Å². The van der Waals surface area contributed by atoms with E-state index in [2.05, 4.69) is 23.8 Å². The molecule has 0 bridgehead atoms. The standard InChI is InChI=1S/C15H14FN3/c1-10(2)19-13-8-5-6-11(16)14(13)18-15(19)12-7-3-4-9-17-12/h3-10H,1-2H3. The lowest BCUT2D eigenvalue weighted by atomic mass is 10.2. The van der Waals surface area contributed by atoms with Gasteiger partial charge in [0.25, 0.3) is 0 Å². The molecule has 0 atom stereocenters. The lowest BCUT2D eigenvalue weighted by Crippen LogP contribution is -2.03. The Bertz CT molecular complexity index is 717. The number of hydrogen-bond donors (Lipinski definition) is 0. The molecule has 3 aromatic rings. The molecule has 4 heteroatoms. The zero-order valence-corrected chi connectivity index (χ0v) is 10.8. The number of para-hydroxylation sites is 1. The molecule has 3 nitrogen and oxygen atoms in total. The van der Waals surface area contributed by atoms with Crippen LogP contribution in [-0.4, -0.2) is 14.5 Å². The first-order chi connectivity index (χ1) is 9.18. The van der Waals surface area contributed by atoms with Crippen LogP contribution in [0.2, 0.25) is 0 Å². The Morgan fingerprint density at radius 2 is 1.95 bits per heavy atom. The van der Waals surface area contributed by atoms with Gasteiger partial charge >= 0.3 is 0 Å². The maximum Gasteiger partial charge on any atom is 0.160 e. The summed E-state index contributed by atoms with van der Waals surface area (Å²) in [5.41, 5.74) is 1.96. The number of imidazole rings is 1. The van der Waals surface area contributed by atoms with E-state index >= 15 is 0 Å². The van der Waals surface area contributed by atoms with Crippen molar-refractivity contribution >= 4 is 11.0 Å². The van der Waals surface area contributed by atoms with E-state index < -0.39 is 0 Å². The molecule has 2 heterocycles. The van der Waals surface area contributed by atoms with Crippen molar-refractivity contribution in [1.82, 2.24) is 14.5 Å². The molecule has 0 fully saturated rings. The molecule has 0 spiro atoms. The Morgan fingerprint density at radius 3 is 2.63 bits per heavy atom. The molecule has 0 aliphatic heterocycles. The van der Waals surface area contributed by atoms with Gasteiger partial charge < -0.3 is 4.57 Å². The Labute approximate surface area is 110 Å². The second-order valence-corrected chi connectivity index (χ2v) is 4.72. The highest BCUT2D eigenvalue weighted by Crippen LogP contribution is 2.28. The Morgan fingerprint density at radius 1 is 1.11 bits per heavy atom. The number of nitrogens with zero attached hydrogens (tertiary/aromatic N) is 3. The first kappa shape index (κ1) is 11.8. The van der Waals surface area contributed by atoms with Crippen molar-refractivity contribution in [3.8, 4) is 11.5 Å². The van der Waals surface area contributed by atoms with Crippen molar-refractivity contribution < 1.29 is 4.39 Å². The van der Waals surface area contributed by atoms with Gasteiger partial charge in [0.2, 0.25) is 0 Å². The topological polar surface area (TPSA) is 30.7 Å². The van der Waals surface area contributed by atoms with Gasteiger partial charge in [-0.25, -0.2) is 9.37 Å². The van der Waals surface area contributed by atoms with Gasteiger partial charge in [-0.15, -0.1) is 0 Å². The van der Waals surface area contributed by atoms with Crippen LogP contribution in [0.25, 0.3) is 22.6 Å². The van der Waals surface area contributed by atoms with Crippen LogP contribution in [-0.2, 0) is 0 Å². The molecular weight excluding hydrogens is 241 g/mol. The van der Waals surface area contributed by atoms with Crippen LogP contribution < -0.4 is 0 Å². The lowest BCUT2D eigenvalue weighted by molar-refractivity contribution is 0.622. The van der Waals surface area contributed by atoms with E-state index in [9.17, 15) is 4.39 Å². The molecule has 0 aliphatic rings. The highest BCUT2D eigenvalue weighted by atomic mass is 19.1. The Balaban J connectivity index is 2.36. The molecule has 0 aliphatic carbocycles. The molecular formula is C15H14FN3. The van der Waals surface area contributed by atoms with Crippen molar-refractivity contribution in [1.29, 1.82) is 0 Å². The van der Waals surface area contributed by atoms with Crippen LogP contribution in [0.4, 0.5) is 4.39 Å². The minimum absolute atomic E-state index is 0.184. The molecule has 0 unspecified atom stereocenters. The van der Waals surface area contributed by atoms with E-state index in [1.165, 1.54) is 6.07 Å². The normalized spacial score (nSPS) is 11.4. The van der Waals surface area contributed by atoms with E-state index in [-0.39, 0.29) is 11.9 Å². The second kappa shape index (κ2) is 4.46. The van der Waals surface area contributed by atoms with Crippen LogP contribution in [0.5, 0.6) is 0 Å². The average molecular weight is 255 g/mol. The summed E-state index contributed by atoms with van der Waals surface area (Å²) < 4.78 is 15.9. The van der Waals surface area contributed by atoms with Gasteiger partial charge in [-0.2, -0.15) is 0 Å². The Kier molecular flexibility index (Phi) is 2.78. The van der Waals surface area contributed by atoms with Gasteiger partial charge in [0.05, 0.1) is 5.52 Å². The van der Waals surface area contributed by atoms with Crippen LogP contribution in [0.3, 0.4) is 0 Å². The van der Waals surface area contributed by atoms with E-state index in [1.807, 2.05) is 28.8 Å². The predicted molar refractivity (Wildman–Crippen MR) is 73.3 cm³/mol. The third-order valence-electron chi connectivity index (χ3n) is 3.08. The third kappa shape index (κ3) is 1.89. The van der Waals surface area contributed by atoms with Gasteiger partial charge in [0.1, 0.15) is 11.2 Å². The molecule has 3 rings (SSSR count). The molecule has 96 valence electrons. The molecule has 1 aromatic carbocycles. The van der Waals surface area contributed by atoms with Crippen molar-refractivity contribution in [3.05, 3.63) is 48.4 Å². The summed E-state index contributed by atoms with van der Waals surface area (Å²) >= 11 is 0. The smallest absolute Gasteiger partial charge is 0.160 e. The zero-order valence-electron chi connectivity index (χ0n) is 10.8. The molecule has 0 saturated heterocycles. The highest BCUT2D eigenvalue weighted by molar-refractivity contribution is 5.80. The first-order valence-corrected chi connectivity index (χ1v) is 6.26. The summed E-state index contributed by atoms with van der Waals surface area (Å²) in [5.74, 6) is 0.407. The van der Waals surface area contributed by atoms with Crippen LogP contribution in [0.1, 0.15) is 19.9 Å². The average Bonchev–Trinajstić information content (AvgIpc) is 2.81. The monoisotopic (exact) mass is 255 g/mol. The first-order valence-electron chi connectivity index (χ1n) is 6.26. The number of aromatic nitrogens is 3. The molecule has 2 aromatic heterocycles. The summed E-state index contributed by atoms with van der Waals surface area (Å²) in [6.45, 7) is 4.11. The molecule has 19 heavy (non-hydrogen) atoms. The number of hydrogen-bond acceptors (Lipinski definition) is 2. The van der Waals surface area contributed by atoms with Gasteiger partial charge in [-0.05, 0) is 38.1 Å².